The van der Waals surface area contributed by atoms with E-state index in [1.54, 1.807) is 0 Å². The molecule has 8 rings (SSSR count). The molecule has 0 aliphatic heterocycles. The molecule has 0 fully saturated rings. The third-order valence-corrected chi connectivity index (χ3v) is 9.55. The van der Waals surface area contributed by atoms with Crippen molar-refractivity contribution in [2.75, 3.05) is 4.90 Å². The Kier molecular flexibility index (Phi) is 7.27. The van der Waals surface area contributed by atoms with E-state index in [-0.39, 0.29) is 6.04 Å². The summed E-state index contributed by atoms with van der Waals surface area (Å²) in [6, 6.07) is 42.6. The van der Waals surface area contributed by atoms with E-state index in [1.165, 1.54) is 72.3 Å². The van der Waals surface area contributed by atoms with Gasteiger partial charge in [-0.05, 0) is 115 Å². The Labute approximate surface area is 271 Å². The number of para-hydroxylation sites is 1. The molecule has 2 heteroatoms. The minimum atomic E-state index is 0.228. The van der Waals surface area contributed by atoms with Gasteiger partial charge in [-0.2, -0.15) is 0 Å². The van der Waals surface area contributed by atoms with Crippen LogP contribution in [0.15, 0.2) is 152 Å². The Morgan fingerprint density at radius 2 is 1.52 bits per heavy atom. The van der Waals surface area contributed by atoms with Crippen LogP contribution in [0.4, 0.5) is 11.4 Å². The number of benzene rings is 5. The SMILES string of the molecule is Cc1cccc(N(c2ccc(-c3ccc4c(c3)c3ccccc3n4C3=CC=CCC3)c(C)c2)C2C=CC(c3ccccc3)=CC2)c1. The van der Waals surface area contributed by atoms with Gasteiger partial charge in [-0.15, -0.1) is 0 Å². The molecule has 1 unspecified atom stereocenters. The topological polar surface area (TPSA) is 8.17 Å². The lowest BCUT2D eigenvalue weighted by Gasteiger charge is -2.34. The Morgan fingerprint density at radius 3 is 2.30 bits per heavy atom. The zero-order valence-corrected chi connectivity index (χ0v) is 26.5. The largest absolute Gasteiger partial charge is 0.334 e. The van der Waals surface area contributed by atoms with Crippen LogP contribution >= 0.6 is 0 Å². The average Bonchev–Trinajstić information content (AvgIpc) is 3.43. The molecule has 2 aliphatic rings. The molecule has 0 amide bonds. The maximum absolute atomic E-state index is 2.50. The van der Waals surface area contributed by atoms with Crippen LogP contribution in [0.5, 0.6) is 0 Å². The van der Waals surface area contributed by atoms with Crippen LogP contribution in [-0.2, 0) is 0 Å². The lowest BCUT2D eigenvalue weighted by Crippen LogP contribution is -2.30. The van der Waals surface area contributed by atoms with Crippen molar-refractivity contribution < 1.29 is 0 Å². The van der Waals surface area contributed by atoms with Crippen molar-refractivity contribution in [2.45, 2.75) is 39.2 Å². The molecule has 0 saturated heterocycles. The molecule has 224 valence electrons. The van der Waals surface area contributed by atoms with Gasteiger partial charge in [-0.1, -0.05) is 103 Å². The molecule has 0 saturated carbocycles. The first-order chi connectivity index (χ1) is 22.6. The normalized spacial score (nSPS) is 16.1. The van der Waals surface area contributed by atoms with Gasteiger partial charge in [-0.3, -0.25) is 0 Å². The first-order valence-electron chi connectivity index (χ1n) is 16.4. The van der Waals surface area contributed by atoms with E-state index in [2.05, 4.69) is 175 Å². The van der Waals surface area contributed by atoms with E-state index < -0.39 is 0 Å². The van der Waals surface area contributed by atoms with Crippen LogP contribution in [0.2, 0.25) is 0 Å². The van der Waals surface area contributed by atoms with Gasteiger partial charge in [0, 0.05) is 27.8 Å². The summed E-state index contributed by atoms with van der Waals surface area (Å²) in [6.07, 6.45) is 16.9. The Balaban J connectivity index is 1.18. The molecule has 0 radical (unpaired) electrons. The molecule has 0 N–H and O–H groups in total. The standard InChI is InChI=1S/C44H38N2/c1-31-12-11-17-38(28-31)45(37-23-20-34(21-24-37)33-13-5-3-6-14-33)39-25-26-40(32(2)29-39)35-22-27-44-42(30-35)41-18-9-10-19-43(41)46(44)36-15-7-4-8-16-36/h3-7,9-15,17-23,25-30,37H,8,16,24H2,1-2H3. The number of allylic oxidation sites excluding steroid dienone is 6. The number of hydrogen-bond acceptors (Lipinski definition) is 1. The zero-order valence-electron chi connectivity index (χ0n) is 26.5. The van der Waals surface area contributed by atoms with Crippen molar-refractivity contribution in [3.8, 4) is 11.1 Å². The van der Waals surface area contributed by atoms with Crippen LogP contribution in [0.25, 0.3) is 44.2 Å². The van der Waals surface area contributed by atoms with Crippen molar-refractivity contribution >= 4 is 44.5 Å². The molecule has 46 heavy (non-hydrogen) atoms. The molecule has 1 heterocycles. The number of aromatic nitrogens is 1. The van der Waals surface area contributed by atoms with Gasteiger partial charge in [-0.25, -0.2) is 0 Å². The fraction of sp³-hybridized carbons (Fsp3) is 0.136. The maximum Gasteiger partial charge on any atom is 0.0560 e. The molecule has 1 aromatic heterocycles. The average molecular weight is 595 g/mol. The smallest absolute Gasteiger partial charge is 0.0560 e. The number of anilines is 2. The summed E-state index contributed by atoms with van der Waals surface area (Å²) in [6.45, 7) is 4.43. The van der Waals surface area contributed by atoms with Crippen LogP contribution < -0.4 is 4.90 Å². The van der Waals surface area contributed by atoms with Gasteiger partial charge in [0.2, 0.25) is 0 Å². The van der Waals surface area contributed by atoms with E-state index in [0.29, 0.717) is 0 Å². The van der Waals surface area contributed by atoms with E-state index in [1.807, 2.05) is 0 Å². The van der Waals surface area contributed by atoms with Crippen molar-refractivity contribution in [1.29, 1.82) is 0 Å². The van der Waals surface area contributed by atoms with Crippen LogP contribution in [0, 0.1) is 13.8 Å². The van der Waals surface area contributed by atoms with Crippen LogP contribution in [0.1, 0.15) is 36.0 Å². The van der Waals surface area contributed by atoms with Crippen molar-refractivity contribution in [1.82, 2.24) is 4.57 Å². The fourth-order valence-electron chi connectivity index (χ4n) is 7.30. The van der Waals surface area contributed by atoms with E-state index in [4.69, 9.17) is 0 Å². The summed E-state index contributed by atoms with van der Waals surface area (Å²) in [5.41, 5.74) is 14.0. The molecular weight excluding hydrogens is 556 g/mol. The molecule has 5 aromatic carbocycles. The van der Waals surface area contributed by atoms with E-state index in [9.17, 15) is 0 Å². The molecule has 0 spiro atoms. The first-order valence-corrected chi connectivity index (χ1v) is 16.4. The highest BCUT2D eigenvalue weighted by atomic mass is 15.2. The highest BCUT2D eigenvalue weighted by Gasteiger charge is 2.22. The van der Waals surface area contributed by atoms with Gasteiger partial charge in [0.1, 0.15) is 0 Å². The highest BCUT2D eigenvalue weighted by molar-refractivity contribution is 6.11. The third-order valence-electron chi connectivity index (χ3n) is 9.55. The summed E-state index contributed by atoms with van der Waals surface area (Å²) in [5.74, 6) is 0. The molecule has 1 atom stereocenters. The Bertz CT molecular complexity index is 2210. The van der Waals surface area contributed by atoms with Crippen LogP contribution in [0.3, 0.4) is 0 Å². The number of nitrogens with zero attached hydrogens (tertiary/aromatic N) is 2. The number of hydrogen-bond donors (Lipinski definition) is 0. The molecule has 6 aromatic rings. The minimum absolute atomic E-state index is 0.228. The summed E-state index contributed by atoms with van der Waals surface area (Å²) in [7, 11) is 0. The maximum atomic E-state index is 2.50. The predicted molar refractivity (Wildman–Crippen MR) is 198 cm³/mol. The highest BCUT2D eigenvalue weighted by Crippen LogP contribution is 2.39. The second kappa shape index (κ2) is 11.9. The second-order valence-corrected chi connectivity index (χ2v) is 12.6. The molecule has 2 nitrogen and oxygen atoms in total. The third kappa shape index (κ3) is 5.10. The van der Waals surface area contributed by atoms with E-state index in [0.717, 1.165) is 19.3 Å². The summed E-state index contributed by atoms with van der Waals surface area (Å²) in [4.78, 5) is 2.50. The fourth-order valence-corrected chi connectivity index (χ4v) is 7.30. The Morgan fingerprint density at radius 1 is 0.696 bits per heavy atom. The van der Waals surface area contributed by atoms with Crippen molar-refractivity contribution in [3.63, 3.8) is 0 Å². The number of rotatable bonds is 6. The summed E-state index contributed by atoms with van der Waals surface area (Å²) >= 11 is 0. The predicted octanol–water partition coefficient (Wildman–Crippen LogP) is 11.8. The first kappa shape index (κ1) is 28.2. The van der Waals surface area contributed by atoms with Crippen molar-refractivity contribution in [3.05, 3.63) is 168 Å². The Hall–Kier alpha value is -5.34. The number of fused-ring (bicyclic) bond motifs is 3. The quantitative estimate of drug-likeness (QED) is 0.186. The molecular formula is C44H38N2. The molecule has 0 bridgehead atoms. The van der Waals surface area contributed by atoms with Gasteiger partial charge in [0.05, 0.1) is 17.1 Å². The van der Waals surface area contributed by atoms with Crippen LogP contribution in [-0.4, -0.2) is 10.6 Å². The summed E-state index contributed by atoms with van der Waals surface area (Å²) in [5, 5.41) is 2.61. The zero-order chi connectivity index (χ0) is 31.0. The minimum Gasteiger partial charge on any atom is -0.334 e. The van der Waals surface area contributed by atoms with Crippen molar-refractivity contribution in [2.24, 2.45) is 0 Å². The van der Waals surface area contributed by atoms with Gasteiger partial charge in [0.25, 0.3) is 0 Å². The van der Waals surface area contributed by atoms with Gasteiger partial charge in [0.15, 0.2) is 0 Å². The van der Waals surface area contributed by atoms with Gasteiger partial charge < -0.3 is 9.47 Å². The lowest BCUT2D eigenvalue weighted by atomic mass is 9.94. The number of aryl methyl sites for hydroxylation is 2. The van der Waals surface area contributed by atoms with Gasteiger partial charge >= 0.3 is 0 Å². The monoisotopic (exact) mass is 594 g/mol. The summed E-state index contributed by atoms with van der Waals surface area (Å²) < 4.78 is 2.46. The molecule has 2 aliphatic carbocycles. The van der Waals surface area contributed by atoms with E-state index >= 15 is 0 Å². The lowest BCUT2D eigenvalue weighted by molar-refractivity contribution is 0.786. The second-order valence-electron chi connectivity index (χ2n) is 12.6.